The maximum absolute atomic E-state index is 14.5. The molecule has 0 bridgehead atoms. The highest BCUT2D eigenvalue weighted by Gasteiger charge is 2.34. The number of amides is 2. The van der Waals surface area contributed by atoms with E-state index in [4.69, 9.17) is 4.74 Å². The van der Waals surface area contributed by atoms with Crippen molar-refractivity contribution in [2.75, 3.05) is 24.0 Å². The van der Waals surface area contributed by atoms with Crippen LogP contribution in [0.15, 0.2) is 112 Å². The summed E-state index contributed by atoms with van der Waals surface area (Å²) in [5.41, 5.74) is 1.66. The minimum absolute atomic E-state index is 0.00869. The molecule has 4 rings (SSSR count). The van der Waals surface area contributed by atoms with Crippen molar-refractivity contribution in [3.8, 4) is 5.75 Å². The van der Waals surface area contributed by atoms with Crippen LogP contribution >= 0.6 is 15.9 Å². The Hall–Kier alpha value is -4.22. The molecule has 2 amide bonds. The van der Waals surface area contributed by atoms with Crippen molar-refractivity contribution in [2.24, 2.45) is 0 Å². The number of anilines is 1. The number of unbranched alkanes of at least 4 members (excludes halogenated alkanes) is 1. The number of ether oxygens (including phenoxy) is 1. The van der Waals surface area contributed by atoms with Gasteiger partial charge in [0.15, 0.2) is 0 Å². The lowest BCUT2D eigenvalue weighted by molar-refractivity contribution is -0.140. The van der Waals surface area contributed by atoms with Crippen LogP contribution in [0.3, 0.4) is 0 Å². The number of halogens is 2. The van der Waals surface area contributed by atoms with Crippen LogP contribution in [-0.4, -0.2) is 50.9 Å². The average molecular weight is 725 g/mol. The van der Waals surface area contributed by atoms with Gasteiger partial charge in [0, 0.05) is 24.0 Å². The Bertz CT molecular complexity index is 1700. The van der Waals surface area contributed by atoms with Crippen LogP contribution in [0.1, 0.15) is 37.8 Å². The Kier molecular flexibility index (Phi) is 12.9. The highest BCUT2D eigenvalue weighted by Crippen LogP contribution is 2.28. The molecule has 1 atom stereocenters. The van der Waals surface area contributed by atoms with E-state index >= 15 is 0 Å². The summed E-state index contributed by atoms with van der Waals surface area (Å²) in [6.07, 6.45) is 1.81. The number of nitrogens with zero attached hydrogens (tertiary/aromatic N) is 2. The lowest BCUT2D eigenvalue weighted by atomic mass is 10.0. The van der Waals surface area contributed by atoms with E-state index in [2.05, 4.69) is 21.2 Å². The molecule has 248 valence electrons. The van der Waals surface area contributed by atoms with Gasteiger partial charge in [-0.3, -0.25) is 13.9 Å². The Balaban J connectivity index is 1.78. The van der Waals surface area contributed by atoms with Crippen molar-refractivity contribution in [3.05, 3.63) is 125 Å². The number of hydrogen-bond donors (Lipinski definition) is 1. The van der Waals surface area contributed by atoms with E-state index < -0.39 is 34.3 Å². The number of benzene rings is 4. The maximum atomic E-state index is 14.5. The first-order valence-corrected chi connectivity index (χ1v) is 17.7. The Morgan fingerprint density at radius 1 is 0.872 bits per heavy atom. The Morgan fingerprint density at radius 3 is 2.15 bits per heavy atom. The fourth-order valence-electron chi connectivity index (χ4n) is 4.98. The van der Waals surface area contributed by atoms with Gasteiger partial charge < -0.3 is 15.0 Å². The topological polar surface area (TPSA) is 96.0 Å². The summed E-state index contributed by atoms with van der Waals surface area (Å²) >= 11 is 3.35. The fraction of sp³-hybridized carbons (Fsp3) is 0.278. The normalized spacial score (nSPS) is 11.8. The molecule has 8 nitrogen and oxygen atoms in total. The molecular weight excluding hydrogens is 685 g/mol. The number of carbonyl (C=O) groups excluding carboxylic acids is 2. The molecule has 0 aromatic heterocycles. The molecule has 0 aliphatic heterocycles. The number of nitrogens with one attached hydrogen (secondary N) is 1. The van der Waals surface area contributed by atoms with E-state index in [-0.39, 0.29) is 29.5 Å². The molecule has 1 N–H and O–H groups in total. The fourth-order valence-corrected chi connectivity index (χ4v) is 6.66. The van der Waals surface area contributed by atoms with Gasteiger partial charge in [0.2, 0.25) is 11.8 Å². The molecule has 4 aromatic rings. The smallest absolute Gasteiger partial charge is 0.264 e. The van der Waals surface area contributed by atoms with Crippen LogP contribution in [0.2, 0.25) is 0 Å². The number of sulfonamides is 1. The van der Waals surface area contributed by atoms with Crippen molar-refractivity contribution in [1.29, 1.82) is 0 Å². The minimum atomic E-state index is -4.25. The Morgan fingerprint density at radius 2 is 1.53 bits per heavy atom. The summed E-state index contributed by atoms with van der Waals surface area (Å²) in [7, 11) is -4.25. The van der Waals surface area contributed by atoms with Crippen LogP contribution in [0.4, 0.5) is 10.1 Å². The summed E-state index contributed by atoms with van der Waals surface area (Å²) < 4.78 is 49.5. The third kappa shape index (κ3) is 9.89. The number of rotatable bonds is 16. The van der Waals surface area contributed by atoms with E-state index in [1.165, 1.54) is 29.2 Å². The molecule has 0 aliphatic carbocycles. The maximum Gasteiger partial charge on any atom is 0.264 e. The number of carbonyl (C=O) groups is 2. The van der Waals surface area contributed by atoms with Gasteiger partial charge in [-0.2, -0.15) is 0 Å². The summed E-state index contributed by atoms with van der Waals surface area (Å²) in [6.45, 7) is 4.07. The quantitative estimate of drug-likeness (QED) is 0.129. The van der Waals surface area contributed by atoms with Gasteiger partial charge in [-0.1, -0.05) is 71.7 Å². The summed E-state index contributed by atoms with van der Waals surface area (Å²) in [6, 6.07) is 26.6. The van der Waals surface area contributed by atoms with E-state index in [0.29, 0.717) is 28.9 Å². The second-order valence-electron chi connectivity index (χ2n) is 10.9. The monoisotopic (exact) mass is 723 g/mol. The lowest BCUT2D eigenvalue weighted by Gasteiger charge is -2.34. The molecule has 0 heterocycles. The van der Waals surface area contributed by atoms with Gasteiger partial charge in [-0.15, -0.1) is 0 Å². The molecule has 11 heteroatoms. The largest absolute Gasteiger partial charge is 0.494 e. The zero-order valence-electron chi connectivity index (χ0n) is 26.4. The summed E-state index contributed by atoms with van der Waals surface area (Å²) in [4.78, 5) is 29.7. The Labute approximate surface area is 284 Å². The predicted molar refractivity (Wildman–Crippen MR) is 185 cm³/mol. The van der Waals surface area contributed by atoms with Gasteiger partial charge in [-0.25, -0.2) is 12.8 Å². The highest BCUT2D eigenvalue weighted by atomic mass is 79.9. The van der Waals surface area contributed by atoms with E-state index in [9.17, 15) is 22.4 Å². The third-order valence-electron chi connectivity index (χ3n) is 7.48. The van der Waals surface area contributed by atoms with Crippen LogP contribution in [0.25, 0.3) is 0 Å². The standard InChI is InChI=1S/C36H39BrFN3O5S/c1-3-5-23-39-36(43)34(24-27-9-7-6-8-10-27)40(25-28-11-15-30(38)16-12-28)35(42)26-41(31-17-19-32(20-18-31)46-4-2)47(44,45)33-21-13-29(37)14-22-33/h6-22,34H,3-5,23-26H2,1-2H3,(H,39,43). The molecule has 0 saturated heterocycles. The first kappa shape index (κ1) is 35.6. The zero-order chi connectivity index (χ0) is 33.8. The molecule has 0 aliphatic rings. The van der Waals surface area contributed by atoms with E-state index in [1.54, 1.807) is 48.5 Å². The van der Waals surface area contributed by atoms with Gasteiger partial charge in [0.25, 0.3) is 10.0 Å². The van der Waals surface area contributed by atoms with Crippen LogP contribution < -0.4 is 14.4 Å². The zero-order valence-corrected chi connectivity index (χ0v) is 28.8. The van der Waals surface area contributed by atoms with Crippen molar-refractivity contribution in [3.63, 3.8) is 0 Å². The van der Waals surface area contributed by atoms with E-state index in [0.717, 1.165) is 22.7 Å². The van der Waals surface area contributed by atoms with Gasteiger partial charge in [-0.05, 0) is 85.1 Å². The average Bonchev–Trinajstić information content (AvgIpc) is 3.07. The first-order chi connectivity index (χ1) is 22.6. The molecular formula is C36H39BrFN3O5S. The molecule has 47 heavy (non-hydrogen) atoms. The van der Waals surface area contributed by atoms with Crippen molar-refractivity contribution >= 4 is 43.5 Å². The van der Waals surface area contributed by atoms with Crippen molar-refractivity contribution in [2.45, 2.75) is 50.6 Å². The third-order valence-corrected chi connectivity index (χ3v) is 9.80. The number of hydrogen-bond acceptors (Lipinski definition) is 5. The van der Waals surface area contributed by atoms with Crippen LogP contribution in [0.5, 0.6) is 5.75 Å². The second-order valence-corrected chi connectivity index (χ2v) is 13.7. The lowest BCUT2D eigenvalue weighted by Crippen LogP contribution is -2.53. The van der Waals surface area contributed by atoms with Crippen molar-refractivity contribution < 1.29 is 27.1 Å². The molecule has 0 spiro atoms. The molecule has 0 radical (unpaired) electrons. The van der Waals surface area contributed by atoms with Crippen LogP contribution in [-0.2, 0) is 32.6 Å². The minimum Gasteiger partial charge on any atom is -0.494 e. The van der Waals surface area contributed by atoms with Gasteiger partial charge in [0.1, 0.15) is 24.2 Å². The predicted octanol–water partition coefficient (Wildman–Crippen LogP) is 6.74. The first-order valence-electron chi connectivity index (χ1n) is 15.5. The SMILES string of the molecule is CCCCNC(=O)C(Cc1ccccc1)N(Cc1ccc(F)cc1)C(=O)CN(c1ccc(OCC)cc1)S(=O)(=O)c1ccc(Br)cc1. The highest BCUT2D eigenvalue weighted by molar-refractivity contribution is 9.10. The molecule has 0 saturated carbocycles. The summed E-state index contributed by atoms with van der Waals surface area (Å²) in [5, 5.41) is 2.96. The van der Waals surface area contributed by atoms with E-state index in [1.807, 2.05) is 44.2 Å². The van der Waals surface area contributed by atoms with Crippen molar-refractivity contribution in [1.82, 2.24) is 10.2 Å². The van der Waals surface area contributed by atoms with Crippen LogP contribution in [0, 0.1) is 5.82 Å². The molecule has 1 unspecified atom stereocenters. The van der Waals surface area contributed by atoms with Gasteiger partial charge >= 0.3 is 0 Å². The second kappa shape index (κ2) is 17.1. The molecule has 0 fully saturated rings. The van der Waals surface area contributed by atoms with Gasteiger partial charge in [0.05, 0.1) is 17.2 Å². The summed E-state index contributed by atoms with van der Waals surface area (Å²) in [5.74, 6) is -0.850. The molecule has 4 aromatic carbocycles.